The molecular formula is C22H29N5O4. The van der Waals surface area contributed by atoms with E-state index in [1.165, 1.54) is 23.4 Å². The number of anilines is 2. The largest absolute Gasteiger partial charge is 0.383 e. The van der Waals surface area contributed by atoms with Gasteiger partial charge in [-0.25, -0.2) is 4.79 Å². The third-order valence-corrected chi connectivity index (χ3v) is 5.84. The molecule has 0 bridgehead atoms. The summed E-state index contributed by atoms with van der Waals surface area (Å²) in [5.41, 5.74) is 6.81. The summed E-state index contributed by atoms with van der Waals surface area (Å²) in [6, 6.07) is 7.32. The number of rotatable bonds is 6. The molecule has 1 aromatic heterocycles. The van der Waals surface area contributed by atoms with Crippen LogP contribution in [0.25, 0.3) is 0 Å². The molecule has 1 aliphatic heterocycles. The highest BCUT2D eigenvalue weighted by Gasteiger charge is 2.32. The lowest BCUT2D eigenvalue weighted by Crippen LogP contribution is -2.43. The lowest BCUT2D eigenvalue weighted by atomic mass is 9.90. The Balaban J connectivity index is 1.94. The Morgan fingerprint density at radius 2 is 1.97 bits per heavy atom. The smallest absolute Gasteiger partial charge is 0.330 e. The molecule has 0 saturated carbocycles. The predicted octanol–water partition coefficient (Wildman–Crippen LogP) is 1.42. The van der Waals surface area contributed by atoms with Gasteiger partial charge in [-0.15, -0.1) is 0 Å². The van der Waals surface area contributed by atoms with Crippen molar-refractivity contribution in [2.75, 3.05) is 24.2 Å². The van der Waals surface area contributed by atoms with E-state index in [-0.39, 0.29) is 29.7 Å². The van der Waals surface area contributed by atoms with Gasteiger partial charge < -0.3 is 15.5 Å². The van der Waals surface area contributed by atoms with Gasteiger partial charge in [-0.1, -0.05) is 37.6 Å². The number of fused-ring (bicyclic) bond motifs is 1. The Bertz CT molecular complexity index is 1100. The fraction of sp³-hybridized carbons (Fsp3) is 0.455. The Kier molecular flexibility index (Phi) is 6.62. The maximum Gasteiger partial charge on any atom is 0.330 e. The molecule has 0 fully saturated rings. The number of amides is 2. The van der Waals surface area contributed by atoms with E-state index in [9.17, 15) is 19.2 Å². The van der Waals surface area contributed by atoms with Crippen molar-refractivity contribution in [2.45, 2.75) is 52.1 Å². The molecule has 2 aromatic rings. The minimum Gasteiger partial charge on any atom is -0.383 e. The molecule has 1 aromatic carbocycles. The van der Waals surface area contributed by atoms with Crippen LogP contribution >= 0.6 is 0 Å². The lowest BCUT2D eigenvalue weighted by Gasteiger charge is -2.37. The van der Waals surface area contributed by atoms with E-state index in [0.29, 0.717) is 19.5 Å². The first-order valence-corrected chi connectivity index (χ1v) is 10.5. The van der Waals surface area contributed by atoms with E-state index in [1.807, 2.05) is 31.2 Å². The number of hydrogen-bond acceptors (Lipinski definition) is 5. The normalized spacial score (nSPS) is 15.5. The zero-order chi connectivity index (χ0) is 22.7. The van der Waals surface area contributed by atoms with Gasteiger partial charge in [0.15, 0.2) is 5.69 Å². The highest BCUT2D eigenvalue weighted by Crippen LogP contribution is 2.33. The third kappa shape index (κ3) is 4.40. The molecule has 9 nitrogen and oxygen atoms in total. The first-order valence-electron chi connectivity index (χ1n) is 10.5. The van der Waals surface area contributed by atoms with Gasteiger partial charge in [0.25, 0.3) is 5.56 Å². The summed E-state index contributed by atoms with van der Waals surface area (Å²) in [4.78, 5) is 55.2. The second kappa shape index (κ2) is 9.20. The molecule has 3 rings (SSSR count). The molecule has 31 heavy (non-hydrogen) atoms. The van der Waals surface area contributed by atoms with Gasteiger partial charge in [0.2, 0.25) is 11.8 Å². The van der Waals surface area contributed by atoms with Gasteiger partial charge >= 0.3 is 5.69 Å². The van der Waals surface area contributed by atoms with Crippen molar-refractivity contribution in [3.63, 3.8) is 0 Å². The molecule has 1 aliphatic rings. The summed E-state index contributed by atoms with van der Waals surface area (Å²) in [5.74, 6) is -0.517. The van der Waals surface area contributed by atoms with Crippen molar-refractivity contribution >= 4 is 23.3 Å². The highest BCUT2D eigenvalue weighted by molar-refractivity contribution is 5.95. The predicted molar refractivity (Wildman–Crippen MR) is 119 cm³/mol. The fourth-order valence-electron chi connectivity index (χ4n) is 4.12. The number of H-pyrrole nitrogens is 1. The molecule has 9 heteroatoms. The molecule has 2 amide bonds. The zero-order valence-corrected chi connectivity index (χ0v) is 18.2. The summed E-state index contributed by atoms with van der Waals surface area (Å²) in [6.07, 6.45) is 2.28. The van der Waals surface area contributed by atoms with Crippen LogP contribution in [0.5, 0.6) is 0 Å². The Hall–Kier alpha value is -3.36. The number of aromatic amines is 1. The van der Waals surface area contributed by atoms with E-state index < -0.39 is 17.3 Å². The van der Waals surface area contributed by atoms with Crippen molar-refractivity contribution in [3.8, 4) is 0 Å². The lowest BCUT2D eigenvalue weighted by molar-refractivity contribution is -0.132. The maximum atomic E-state index is 13.2. The van der Waals surface area contributed by atoms with E-state index in [1.54, 1.807) is 4.90 Å². The monoisotopic (exact) mass is 427 g/mol. The van der Waals surface area contributed by atoms with Crippen LogP contribution in [0, 0.1) is 0 Å². The Labute approximate surface area is 180 Å². The zero-order valence-electron chi connectivity index (χ0n) is 18.2. The van der Waals surface area contributed by atoms with Gasteiger partial charge in [-0.3, -0.25) is 23.9 Å². The average Bonchev–Trinajstić information content (AvgIpc) is 2.73. The summed E-state index contributed by atoms with van der Waals surface area (Å²) in [7, 11) is 1.46. The first kappa shape index (κ1) is 22.3. The van der Waals surface area contributed by atoms with Gasteiger partial charge in [0, 0.05) is 27.1 Å². The second-order valence-corrected chi connectivity index (χ2v) is 7.83. The number of aromatic nitrogens is 2. The molecule has 0 spiro atoms. The molecule has 0 radical (unpaired) electrons. The third-order valence-electron chi connectivity index (χ3n) is 5.84. The number of unbranched alkanes of at least 4 members (excludes halogenated alkanes) is 1. The summed E-state index contributed by atoms with van der Waals surface area (Å²) in [5, 5.41) is 0. The number of nitrogens with zero attached hydrogens (tertiary/aromatic N) is 3. The summed E-state index contributed by atoms with van der Waals surface area (Å²) < 4.78 is 1.28. The number of benzene rings is 1. The van der Waals surface area contributed by atoms with Crippen LogP contribution in [0.1, 0.15) is 50.3 Å². The molecule has 3 N–H and O–H groups in total. The molecule has 166 valence electrons. The van der Waals surface area contributed by atoms with Crippen molar-refractivity contribution in [2.24, 2.45) is 0 Å². The Morgan fingerprint density at radius 1 is 1.26 bits per heavy atom. The highest BCUT2D eigenvalue weighted by atomic mass is 16.2. The van der Waals surface area contributed by atoms with Gasteiger partial charge in [-0.05, 0) is 24.0 Å². The minimum absolute atomic E-state index is 0.0000593. The van der Waals surface area contributed by atoms with Crippen molar-refractivity contribution in [3.05, 3.63) is 56.2 Å². The SMILES string of the molecule is CCCCn1c(N)c(N(C)C(=O)CC2c3ccccc3CCN2C(C)=O)c(=O)[nH]c1=O. The van der Waals surface area contributed by atoms with Crippen LogP contribution in [-0.4, -0.2) is 39.9 Å². The van der Waals surface area contributed by atoms with E-state index in [0.717, 1.165) is 24.0 Å². The quantitative estimate of drug-likeness (QED) is 0.722. The summed E-state index contributed by atoms with van der Waals surface area (Å²) in [6.45, 7) is 4.34. The van der Waals surface area contributed by atoms with Crippen LogP contribution in [0.3, 0.4) is 0 Å². The minimum atomic E-state index is -0.710. The number of nitrogens with one attached hydrogen (secondary N) is 1. The van der Waals surface area contributed by atoms with Crippen LogP contribution in [0.15, 0.2) is 33.9 Å². The number of carbonyl (C=O) groups excluding carboxylic acids is 2. The van der Waals surface area contributed by atoms with Gasteiger partial charge in [0.1, 0.15) is 5.82 Å². The molecule has 1 unspecified atom stereocenters. The fourth-order valence-corrected chi connectivity index (χ4v) is 4.12. The molecule has 2 heterocycles. The number of hydrogen-bond donors (Lipinski definition) is 2. The van der Waals surface area contributed by atoms with Crippen molar-refractivity contribution in [1.29, 1.82) is 0 Å². The number of nitrogens with two attached hydrogens (primary N) is 1. The topological polar surface area (TPSA) is 121 Å². The van der Waals surface area contributed by atoms with Crippen molar-refractivity contribution < 1.29 is 9.59 Å². The molecular weight excluding hydrogens is 398 g/mol. The van der Waals surface area contributed by atoms with E-state index in [4.69, 9.17) is 5.73 Å². The van der Waals surface area contributed by atoms with E-state index in [2.05, 4.69) is 4.98 Å². The standard InChI is InChI=1S/C22H29N5O4/c1-4-5-11-27-20(23)19(21(30)24-22(27)31)25(3)18(29)13-17-16-9-7-6-8-15(16)10-12-26(17)14(2)28/h6-9,17H,4-5,10-13,23H2,1-3H3,(H,24,30,31). The van der Waals surface area contributed by atoms with Crippen LogP contribution < -0.4 is 21.9 Å². The van der Waals surface area contributed by atoms with Gasteiger partial charge in [0.05, 0.1) is 12.5 Å². The average molecular weight is 428 g/mol. The van der Waals surface area contributed by atoms with Crippen LogP contribution in [-0.2, 0) is 22.6 Å². The summed E-state index contributed by atoms with van der Waals surface area (Å²) >= 11 is 0. The molecule has 0 saturated heterocycles. The maximum absolute atomic E-state index is 13.2. The first-order chi connectivity index (χ1) is 14.8. The van der Waals surface area contributed by atoms with Gasteiger partial charge in [-0.2, -0.15) is 0 Å². The molecule has 1 atom stereocenters. The second-order valence-electron chi connectivity index (χ2n) is 7.83. The molecule has 0 aliphatic carbocycles. The van der Waals surface area contributed by atoms with Crippen molar-refractivity contribution in [1.82, 2.24) is 14.5 Å². The Morgan fingerprint density at radius 3 is 2.65 bits per heavy atom. The van der Waals surface area contributed by atoms with Crippen LogP contribution in [0.4, 0.5) is 11.5 Å². The van der Waals surface area contributed by atoms with Crippen LogP contribution in [0.2, 0.25) is 0 Å². The number of carbonyl (C=O) groups is 2. The number of nitrogen functional groups attached to an aromatic ring is 1. The van der Waals surface area contributed by atoms with E-state index >= 15 is 0 Å².